The molecule has 1 aliphatic rings. The molecule has 1 aliphatic heterocycles. The molecule has 2 aromatic heterocycles. The Kier molecular flexibility index (Phi) is 4.62. The van der Waals surface area contributed by atoms with Gasteiger partial charge >= 0.3 is 0 Å². The molecule has 138 valence electrons. The molecule has 0 bridgehead atoms. The maximum Gasteiger partial charge on any atom is 0.254 e. The molecule has 1 aromatic carbocycles. The molecule has 1 N–H and O–H groups in total. The average Bonchev–Trinajstić information content (AvgIpc) is 3.21. The Morgan fingerprint density at radius 1 is 1.26 bits per heavy atom. The molecule has 27 heavy (non-hydrogen) atoms. The molecule has 0 saturated heterocycles. The van der Waals surface area contributed by atoms with Gasteiger partial charge in [-0.25, -0.2) is 0 Å². The normalized spacial score (nSPS) is 15.3. The van der Waals surface area contributed by atoms with Crippen molar-refractivity contribution in [1.82, 2.24) is 10.3 Å². The van der Waals surface area contributed by atoms with Crippen LogP contribution in [0.1, 0.15) is 27.4 Å². The highest BCUT2D eigenvalue weighted by molar-refractivity contribution is 6.31. The van der Waals surface area contributed by atoms with E-state index in [0.29, 0.717) is 29.3 Å². The summed E-state index contributed by atoms with van der Waals surface area (Å²) in [6.07, 6.45) is 4.03. The Balaban J connectivity index is 1.50. The van der Waals surface area contributed by atoms with Crippen LogP contribution in [0.5, 0.6) is 5.75 Å². The zero-order valence-electron chi connectivity index (χ0n) is 15.1. The minimum atomic E-state index is -0.156. The summed E-state index contributed by atoms with van der Waals surface area (Å²) in [6, 6.07) is 9.42. The molecule has 0 saturated carbocycles. The fraction of sp³-hybridized carbons (Fsp3) is 0.238. The van der Waals surface area contributed by atoms with Crippen LogP contribution in [0.15, 0.2) is 47.1 Å². The van der Waals surface area contributed by atoms with Crippen LogP contribution < -0.4 is 10.1 Å². The summed E-state index contributed by atoms with van der Waals surface area (Å²) in [7, 11) is 0. The van der Waals surface area contributed by atoms with Gasteiger partial charge in [-0.05, 0) is 49.7 Å². The number of benzene rings is 1. The van der Waals surface area contributed by atoms with E-state index in [2.05, 4.69) is 10.3 Å². The first-order valence-corrected chi connectivity index (χ1v) is 9.14. The fourth-order valence-corrected chi connectivity index (χ4v) is 3.65. The number of rotatable bonds is 4. The SMILES string of the molecule is Cc1cc(C(=O)NCC2Cc3cc(Cl)cc(-c4ccncc4)c3O2)c(C)o1. The lowest BCUT2D eigenvalue weighted by Gasteiger charge is -2.13. The Labute approximate surface area is 162 Å². The number of aromatic nitrogens is 1. The number of hydrogen-bond donors (Lipinski definition) is 1. The monoisotopic (exact) mass is 382 g/mol. The van der Waals surface area contributed by atoms with E-state index in [4.69, 9.17) is 20.8 Å². The number of furan rings is 1. The third kappa shape index (κ3) is 3.55. The van der Waals surface area contributed by atoms with Crippen molar-refractivity contribution in [2.45, 2.75) is 26.4 Å². The van der Waals surface area contributed by atoms with E-state index in [1.54, 1.807) is 25.4 Å². The lowest BCUT2D eigenvalue weighted by Crippen LogP contribution is -2.34. The molecule has 6 heteroatoms. The van der Waals surface area contributed by atoms with Crippen molar-refractivity contribution in [2.24, 2.45) is 0 Å². The van der Waals surface area contributed by atoms with Crippen LogP contribution in [0.2, 0.25) is 5.02 Å². The van der Waals surface area contributed by atoms with Crippen molar-refractivity contribution in [2.75, 3.05) is 6.54 Å². The minimum Gasteiger partial charge on any atom is -0.487 e. The van der Waals surface area contributed by atoms with E-state index in [0.717, 1.165) is 28.2 Å². The van der Waals surface area contributed by atoms with Gasteiger partial charge in [-0.15, -0.1) is 0 Å². The number of hydrogen-bond acceptors (Lipinski definition) is 4. The summed E-state index contributed by atoms with van der Waals surface area (Å²) in [5, 5.41) is 3.60. The molecule has 5 nitrogen and oxygen atoms in total. The third-order valence-electron chi connectivity index (χ3n) is 4.63. The molecule has 3 heterocycles. The van der Waals surface area contributed by atoms with E-state index in [1.807, 2.05) is 31.2 Å². The zero-order chi connectivity index (χ0) is 19.0. The number of halogens is 1. The molecule has 0 radical (unpaired) electrons. The van der Waals surface area contributed by atoms with Gasteiger partial charge in [0.2, 0.25) is 0 Å². The summed E-state index contributed by atoms with van der Waals surface area (Å²) >= 11 is 6.30. The third-order valence-corrected chi connectivity index (χ3v) is 4.85. The highest BCUT2D eigenvalue weighted by Crippen LogP contribution is 2.40. The smallest absolute Gasteiger partial charge is 0.254 e. The number of carbonyl (C=O) groups is 1. The largest absolute Gasteiger partial charge is 0.487 e. The molecule has 0 spiro atoms. The van der Waals surface area contributed by atoms with Crippen LogP contribution in [0, 0.1) is 13.8 Å². The Bertz CT molecular complexity index is 998. The minimum absolute atomic E-state index is 0.142. The summed E-state index contributed by atoms with van der Waals surface area (Å²) in [4.78, 5) is 16.5. The first-order chi connectivity index (χ1) is 13.0. The standard InChI is InChI=1S/C21H19ClN2O3/c1-12-7-18(13(2)26-12)21(25)24-11-17-9-15-8-16(22)10-19(20(15)27-17)14-3-5-23-6-4-14/h3-8,10,17H,9,11H2,1-2H3,(H,24,25). The molecule has 3 aromatic rings. The molecule has 0 aliphatic carbocycles. The summed E-state index contributed by atoms with van der Waals surface area (Å²) < 4.78 is 11.6. The summed E-state index contributed by atoms with van der Waals surface area (Å²) in [5.41, 5.74) is 3.54. The Hall–Kier alpha value is -2.79. The Morgan fingerprint density at radius 2 is 2.04 bits per heavy atom. The van der Waals surface area contributed by atoms with E-state index >= 15 is 0 Å². The van der Waals surface area contributed by atoms with Gasteiger partial charge in [-0.3, -0.25) is 9.78 Å². The van der Waals surface area contributed by atoms with Crippen LogP contribution in [-0.2, 0) is 6.42 Å². The van der Waals surface area contributed by atoms with Crippen LogP contribution in [0.3, 0.4) is 0 Å². The van der Waals surface area contributed by atoms with Crippen molar-refractivity contribution in [3.63, 3.8) is 0 Å². The van der Waals surface area contributed by atoms with E-state index in [1.165, 1.54) is 0 Å². The second-order valence-corrected chi connectivity index (χ2v) is 7.09. The second-order valence-electron chi connectivity index (χ2n) is 6.66. The summed E-state index contributed by atoms with van der Waals surface area (Å²) in [6.45, 7) is 4.02. The number of nitrogens with zero attached hydrogens (tertiary/aromatic N) is 1. The van der Waals surface area contributed by atoms with Gasteiger partial charge in [0, 0.05) is 35.0 Å². The number of carbonyl (C=O) groups excluding carboxylic acids is 1. The van der Waals surface area contributed by atoms with Gasteiger partial charge in [0.25, 0.3) is 5.91 Å². The lowest BCUT2D eigenvalue weighted by atomic mass is 10.0. The van der Waals surface area contributed by atoms with Crippen molar-refractivity contribution in [3.05, 3.63) is 70.4 Å². The van der Waals surface area contributed by atoms with Crippen molar-refractivity contribution < 1.29 is 13.9 Å². The molecule has 1 atom stereocenters. The molecule has 1 unspecified atom stereocenters. The number of fused-ring (bicyclic) bond motifs is 1. The van der Waals surface area contributed by atoms with Crippen LogP contribution in [-0.4, -0.2) is 23.5 Å². The van der Waals surface area contributed by atoms with Crippen molar-refractivity contribution in [1.29, 1.82) is 0 Å². The van der Waals surface area contributed by atoms with Crippen LogP contribution in [0.4, 0.5) is 0 Å². The van der Waals surface area contributed by atoms with Crippen molar-refractivity contribution in [3.8, 4) is 16.9 Å². The van der Waals surface area contributed by atoms with Gasteiger partial charge in [-0.1, -0.05) is 11.6 Å². The number of pyridine rings is 1. The highest BCUT2D eigenvalue weighted by atomic mass is 35.5. The van der Waals surface area contributed by atoms with Crippen LogP contribution in [0.25, 0.3) is 11.1 Å². The van der Waals surface area contributed by atoms with E-state index < -0.39 is 0 Å². The maximum absolute atomic E-state index is 12.4. The van der Waals surface area contributed by atoms with Gasteiger partial charge in [0.05, 0.1) is 12.1 Å². The quantitative estimate of drug-likeness (QED) is 0.728. The first kappa shape index (κ1) is 17.6. The van der Waals surface area contributed by atoms with E-state index in [9.17, 15) is 4.79 Å². The topological polar surface area (TPSA) is 64.4 Å². The number of ether oxygens (including phenoxy) is 1. The van der Waals surface area contributed by atoms with Gasteiger partial charge in [-0.2, -0.15) is 0 Å². The molecule has 4 rings (SSSR count). The fourth-order valence-electron chi connectivity index (χ4n) is 3.41. The van der Waals surface area contributed by atoms with Crippen molar-refractivity contribution >= 4 is 17.5 Å². The van der Waals surface area contributed by atoms with Gasteiger partial charge < -0.3 is 14.5 Å². The Morgan fingerprint density at radius 3 is 2.74 bits per heavy atom. The number of amides is 1. The highest BCUT2D eigenvalue weighted by Gasteiger charge is 2.27. The van der Waals surface area contributed by atoms with Gasteiger partial charge in [0.15, 0.2) is 0 Å². The summed E-state index contributed by atoms with van der Waals surface area (Å²) in [5.74, 6) is 2.00. The lowest BCUT2D eigenvalue weighted by molar-refractivity contribution is 0.0932. The molecular formula is C21H19ClN2O3. The number of aryl methyl sites for hydroxylation is 2. The average molecular weight is 383 g/mol. The van der Waals surface area contributed by atoms with Gasteiger partial charge in [0.1, 0.15) is 23.4 Å². The predicted molar refractivity (Wildman–Crippen MR) is 103 cm³/mol. The number of nitrogens with one attached hydrogen (secondary N) is 1. The molecular weight excluding hydrogens is 364 g/mol. The zero-order valence-corrected chi connectivity index (χ0v) is 15.8. The molecule has 0 fully saturated rings. The first-order valence-electron chi connectivity index (χ1n) is 8.76. The van der Waals surface area contributed by atoms with E-state index in [-0.39, 0.29) is 12.0 Å². The maximum atomic E-state index is 12.4. The molecule has 1 amide bonds. The van der Waals surface area contributed by atoms with Crippen LogP contribution >= 0.6 is 11.6 Å². The predicted octanol–water partition coefficient (Wildman–Crippen LogP) is 4.35. The second kappa shape index (κ2) is 7.08.